The van der Waals surface area contributed by atoms with Crippen molar-refractivity contribution in [1.29, 1.82) is 0 Å². The van der Waals surface area contributed by atoms with E-state index in [-0.39, 0.29) is 12.5 Å². The maximum atomic E-state index is 12.5. The lowest BCUT2D eigenvalue weighted by Crippen LogP contribution is -2.47. The summed E-state index contributed by atoms with van der Waals surface area (Å²) in [6.45, 7) is 5.97. The lowest BCUT2D eigenvalue weighted by molar-refractivity contribution is -0.129. The van der Waals surface area contributed by atoms with E-state index in [0.29, 0.717) is 0 Å². The lowest BCUT2D eigenvalue weighted by atomic mass is 10.2. The second kappa shape index (κ2) is 10.8. The van der Waals surface area contributed by atoms with Gasteiger partial charge in [0.1, 0.15) is 12.4 Å². The Hall–Kier alpha value is -2.91. The lowest BCUT2D eigenvalue weighted by Gasteiger charge is -2.36. The van der Waals surface area contributed by atoms with E-state index < -0.39 is 0 Å². The molecule has 0 spiro atoms. The highest BCUT2D eigenvalue weighted by molar-refractivity contribution is 7.07. The van der Waals surface area contributed by atoms with Crippen molar-refractivity contribution >= 4 is 28.9 Å². The second-order valence-electron chi connectivity index (χ2n) is 8.69. The van der Waals surface area contributed by atoms with Crippen LogP contribution in [0.25, 0.3) is 0 Å². The van der Waals surface area contributed by atoms with Crippen LogP contribution in [-0.2, 0) is 24.3 Å². The van der Waals surface area contributed by atoms with E-state index in [1.165, 1.54) is 11.3 Å². The minimum absolute atomic E-state index is 0.0395. The zero-order valence-electron chi connectivity index (χ0n) is 19.7. The van der Waals surface area contributed by atoms with Gasteiger partial charge in [0.25, 0.3) is 0 Å². The van der Waals surface area contributed by atoms with Crippen molar-refractivity contribution in [2.75, 3.05) is 63.7 Å². The number of anilines is 2. The van der Waals surface area contributed by atoms with Gasteiger partial charge in [-0.25, -0.2) is 0 Å². The first-order valence-electron chi connectivity index (χ1n) is 11.4. The molecule has 1 fully saturated rings. The van der Waals surface area contributed by atoms with E-state index in [9.17, 15) is 4.79 Å². The first kappa shape index (κ1) is 23.3. The van der Waals surface area contributed by atoms with Gasteiger partial charge in [-0.3, -0.25) is 14.3 Å². The average molecular weight is 468 g/mol. The Labute approximate surface area is 200 Å². The Bertz CT molecular complexity index is 1010. The second-order valence-corrected chi connectivity index (χ2v) is 9.47. The Kier molecular flexibility index (Phi) is 7.61. The summed E-state index contributed by atoms with van der Waals surface area (Å²) in [6, 6.07) is 12.7. The number of likely N-dealkylation sites (N-methyl/N-ethyl adjacent to an activating group) is 1. The summed E-state index contributed by atoms with van der Waals surface area (Å²) in [5.74, 6) is 1.64. The summed E-state index contributed by atoms with van der Waals surface area (Å²) < 4.78 is 1.98. The average Bonchev–Trinajstić information content (AvgIpc) is 3.48. The highest BCUT2D eigenvalue weighted by Crippen LogP contribution is 2.19. The molecule has 1 saturated heterocycles. The molecule has 1 aromatic carbocycles. The van der Waals surface area contributed by atoms with Gasteiger partial charge < -0.3 is 14.7 Å². The molecule has 0 bridgehead atoms. The molecule has 4 rings (SSSR count). The summed E-state index contributed by atoms with van der Waals surface area (Å²) in [7, 11) is 5.57. The van der Waals surface area contributed by atoms with Crippen molar-refractivity contribution < 1.29 is 4.79 Å². The number of piperazine rings is 1. The molecule has 1 aliphatic rings. The van der Waals surface area contributed by atoms with Crippen LogP contribution in [0.5, 0.6) is 0 Å². The highest BCUT2D eigenvalue weighted by atomic mass is 32.1. The number of hydrogen-bond donors (Lipinski definition) is 0. The maximum Gasteiger partial charge on any atom is 0.242 e. The van der Waals surface area contributed by atoms with Crippen molar-refractivity contribution in [1.82, 2.24) is 24.6 Å². The van der Waals surface area contributed by atoms with Gasteiger partial charge in [0.05, 0.1) is 0 Å². The summed E-state index contributed by atoms with van der Waals surface area (Å²) in [5, 5.41) is 13.2. The van der Waals surface area contributed by atoms with Gasteiger partial charge >= 0.3 is 0 Å². The fourth-order valence-corrected chi connectivity index (χ4v) is 4.75. The van der Waals surface area contributed by atoms with E-state index in [4.69, 9.17) is 0 Å². The molecule has 1 amide bonds. The summed E-state index contributed by atoms with van der Waals surface area (Å²) in [6.07, 6.45) is 0.769. The Balaban J connectivity index is 1.40. The van der Waals surface area contributed by atoms with Crippen molar-refractivity contribution in [3.8, 4) is 0 Å². The van der Waals surface area contributed by atoms with Crippen molar-refractivity contribution in [2.24, 2.45) is 0 Å². The van der Waals surface area contributed by atoms with Gasteiger partial charge in [0, 0.05) is 72.5 Å². The summed E-state index contributed by atoms with van der Waals surface area (Å²) >= 11 is 1.68. The zero-order valence-corrected chi connectivity index (χ0v) is 20.5. The third-order valence-electron chi connectivity index (χ3n) is 6.09. The van der Waals surface area contributed by atoms with Crippen LogP contribution < -0.4 is 9.80 Å². The number of para-hydroxylation sites is 1. The monoisotopic (exact) mass is 467 g/mol. The predicted molar refractivity (Wildman–Crippen MR) is 134 cm³/mol. The number of carbonyl (C=O) groups excluding carboxylic acids is 1. The van der Waals surface area contributed by atoms with Gasteiger partial charge in [-0.2, -0.15) is 11.3 Å². The highest BCUT2D eigenvalue weighted by Gasteiger charge is 2.21. The largest absolute Gasteiger partial charge is 0.369 e. The molecule has 3 heterocycles. The number of thiophene rings is 1. The zero-order chi connectivity index (χ0) is 23.2. The van der Waals surface area contributed by atoms with Crippen LogP contribution in [-0.4, -0.2) is 84.3 Å². The number of carbonyl (C=O) groups is 1. The van der Waals surface area contributed by atoms with Crippen molar-refractivity contribution in [2.45, 2.75) is 19.5 Å². The molecule has 0 aliphatic carbocycles. The Morgan fingerprint density at radius 1 is 1.03 bits per heavy atom. The SMILES string of the molecule is CN(C)C(=O)Cn1c(CCN2CCN(c3ccccc3)CC2)nnc1N(C)Cc1ccsc1. The van der Waals surface area contributed by atoms with Crippen LogP contribution in [0.2, 0.25) is 0 Å². The molecule has 2 aromatic heterocycles. The van der Waals surface area contributed by atoms with Crippen LogP contribution in [0.1, 0.15) is 11.4 Å². The van der Waals surface area contributed by atoms with Gasteiger partial charge in [0.2, 0.25) is 11.9 Å². The maximum absolute atomic E-state index is 12.5. The molecule has 0 saturated carbocycles. The molecule has 9 heteroatoms. The predicted octanol–water partition coefficient (Wildman–Crippen LogP) is 2.43. The van der Waals surface area contributed by atoms with Crippen molar-refractivity contribution in [3.63, 3.8) is 0 Å². The van der Waals surface area contributed by atoms with Crippen LogP contribution in [0, 0.1) is 0 Å². The van der Waals surface area contributed by atoms with E-state index in [0.717, 1.165) is 57.5 Å². The quantitative estimate of drug-likeness (QED) is 0.482. The molecular formula is C24H33N7OS. The first-order chi connectivity index (χ1) is 16.0. The molecular weight excluding hydrogens is 434 g/mol. The van der Waals surface area contributed by atoms with Gasteiger partial charge in [-0.15, -0.1) is 10.2 Å². The summed E-state index contributed by atoms with van der Waals surface area (Å²) in [4.78, 5) is 21.1. The molecule has 0 N–H and O–H groups in total. The van der Waals surface area contributed by atoms with Crippen LogP contribution in [0.3, 0.4) is 0 Å². The van der Waals surface area contributed by atoms with Crippen LogP contribution in [0.4, 0.5) is 11.6 Å². The van der Waals surface area contributed by atoms with Gasteiger partial charge in [-0.05, 0) is 34.5 Å². The molecule has 1 aliphatic heterocycles. The van der Waals surface area contributed by atoms with Gasteiger partial charge in [-0.1, -0.05) is 18.2 Å². The van der Waals surface area contributed by atoms with E-state index in [1.807, 2.05) is 11.6 Å². The number of rotatable bonds is 9. The summed E-state index contributed by atoms with van der Waals surface area (Å²) in [5.41, 5.74) is 2.52. The van der Waals surface area contributed by atoms with Crippen molar-refractivity contribution in [3.05, 3.63) is 58.5 Å². The fraction of sp³-hybridized carbons (Fsp3) is 0.458. The molecule has 33 heavy (non-hydrogen) atoms. The smallest absolute Gasteiger partial charge is 0.242 e. The third-order valence-corrected chi connectivity index (χ3v) is 6.82. The van der Waals surface area contributed by atoms with E-state index >= 15 is 0 Å². The Morgan fingerprint density at radius 2 is 1.79 bits per heavy atom. The van der Waals surface area contributed by atoms with E-state index in [1.54, 1.807) is 30.3 Å². The molecule has 0 unspecified atom stereocenters. The van der Waals surface area contributed by atoms with Gasteiger partial charge in [0.15, 0.2) is 0 Å². The first-order valence-corrected chi connectivity index (χ1v) is 12.3. The fourth-order valence-electron chi connectivity index (χ4n) is 4.09. The number of benzene rings is 1. The minimum atomic E-state index is 0.0395. The standard InChI is InChI=1S/C24H33N7OS/c1-27(2)23(32)18-31-22(25-26-24(31)28(3)17-20-10-16-33-19-20)9-11-29-12-14-30(15-13-29)21-7-5-4-6-8-21/h4-8,10,16,19H,9,11-15,17-18H2,1-3H3. The topological polar surface area (TPSA) is 60.7 Å². The molecule has 176 valence electrons. The Morgan fingerprint density at radius 3 is 2.45 bits per heavy atom. The molecule has 0 radical (unpaired) electrons. The number of amides is 1. The number of aromatic nitrogens is 3. The normalized spacial score (nSPS) is 14.5. The number of nitrogens with zero attached hydrogens (tertiary/aromatic N) is 7. The van der Waals surface area contributed by atoms with Crippen LogP contribution >= 0.6 is 11.3 Å². The third kappa shape index (κ3) is 5.91. The molecule has 0 atom stereocenters. The van der Waals surface area contributed by atoms with Crippen LogP contribution in [0.15, 0.2) is 47.2 Å². The number of hydrogen-bond acceptors (Lipinski definition) is 7. The molecule has 8 nitrogen and oxygen atoms in total. The van der Waals surface area contributed by atoms with E-state index in [2.05, 4.69) is 72.1 Å². The minimum Gasteiger partial charge on any atom is -0.369 e. The molecule has 3 aromatic rings.